The molecule has 0 heterocycles. The number of para-hydroxylation sites is 1. The van der Waals surface area contributed by atoms with Crippen molar-refractivity contribution in [2.75, 3.05) is 11.9 Å². The lowest BCUT2D eigenvalue weighted by atomic mass is 10.2. The molecule has 1 aliphatic carbocycles. The summed E-state index contributed by atoms with van der Waals surface area (Å²) in [6, 6.07) is 20.2. The van der Waals surface area contributed by atoms with Crippen LogP contribution < -0.4 is 5.32 Å². The van der Waals surface area contributed by atoms with E-state index in [0.29, 0.717) is 23.7 Å². The Balaban J connectivity index is 1.55. The van der Waals surface area contributed by atoms with Crippen LogP contribution in [0.4, 0.5) is 5.69 Å². The lowest BCUT2D eigenvalue weighted by molar-refractivity contribution is -0.116. The molecule has 0 unspecified atom stereocenters. The third kappa shape index (κ3) is 4.43. The molecule has 3 rings (SSSR count). The van der Waals surface area contributed by atoms with Gasteiger partial charge >= 0.3 is 0 Å². The average molecular weight is 319 g/mol. The monoisotopic (exact) mass is 319 g/mol. The van der Waals surface area contributed by atoms with Crippen LogP contribution in [0.2, 0.25) is 0 Å². The predicted molar refractivity (Wildman–Crippen MR) is 94.3 cm³/mol. The Morgan fingerprint density at radius 1 is 1.12 bits per heavy atom. The van der Waals surface area contributed by atoms with E-state index in [1.165, 1.54) is 18.4 Å². The van der Waals surface area contributed by atoms with Crippen molar-refractivity contribution >= 4 is 11.6 Å². The Kier molecular flexibility index (Phi) is 5.25. The van der Waals surface area contributed by atoms with Gasteiger partial charge in [0.2, 0.25) is 5.91 Å². The van der Waals surface area contributed by atoms with Crippen LogP contribution in [0.3, 0.4) is 0 Å². The van der Waals surface area contributed by atoms with E-state index >= 15 is 0 Å². The average Bonchev–Trinajstić information content (AvgIpc) is 3.45. The minimum Gasteiger partial charge on any atom is -0.325 e. The number of nitrogens with one attached hydrogen (secondary N) is 1. The second kappa shape index (κ2) is 7.76. The molecule has 1 aliphatic rings. The molecule has 122 valence electrons. The number of anilines is 1. The van der Waals surface area contributed by atoms with Crippen molar-refractivity contribution in [3.05, 3.63) is 65.7 Å². The molecular formula is C20H21N3O. The molecule has 0 spiro atoms. The topological polar surface area (TPSA) is 56.1 Å². The molecule has 0 saturated heterocycles. The van der Waals surface area contributed by atoms with Gasteiger partial charge in [-0.2, -0.15) is 5.26 Å². The summed E-state index contributed by atoms with van der Waals surface area (Å²) in [5, 5.41) is 11.9. The van der Waals surface area contributed by atoms with Crippen molar-refractivity contribution in [3.8, 4) is 6.07 Å². The van der Waals surface area contributed by atoms with Gasteiger partial charge in [-0.3, -0.25) is 9.69 Å². The number of hydrogen-bond donors (Lipinski definition) is 1. The van der Waals surface area contributed by atoms with E-state index in [0.717, 1.165) is 13.1 Å². The first-order chi connectivity index (χ1) is 11.8. The maximum Gasteiger partial charge on any atom is 0.225 e. The van der Waals surface area contributed by atoms with Crippen LogP contribution in [0.25, 0.3) is 0 Å². The fourth-order valence-corrected chi connectivity index (χ4v) is 2.80. The maximum absolute atomic E-state index is 12.2. The molecule has 0 bridgehead atoms. The van der Waals surface area contributed by atoms with Crippen molar-refractivity contribution in [3.63, 3.8) is 0 Å². The summed E-state index contributed by atoms with van der Waals surface area (Å²) in [5.41, 5.74) is 2.36. The van der Waals surface area contributed by atoms with E-state index in [2.05, 4.69) is 28.4 Å². The standard InChI is InChI=1S/C20H21N3O/c21-14-17-8-4-5-9-19(17)22-20(24)12-13-23(18-10-11-18)15-16-6-2-1-3-7-16/h1-9,18H,10-13,15H2,(H,22,24). The molecule has 2 aromatic rings. The molecular weight excluding hydrogens is 298 g/mol. The Morgan fingerprint density at radius 3 is 2.54 bits per heavy atom. The number of hydrogen-bond acceptors (Lipinski definition) is 3. The summed E-state index contributed by atoms with van der Waals surface area (Å²) in [6.45, 7) is 1.62. The highest BCUT2D eigenvalue weighted by Crippen LogP contribution is 2.28. The molecule has 0 aliphatic heterocycles. The van der Waals surface area contributed by atoms with Gasteiger partial charge in [0.1, 0.15) is 6.07 Å². The summed E-state index contributed by atoms with van der Waals surface area (Å²) in [4.78, 5) is 14.6. The van der Waals surface area contributed by atoms with E-state index in [1.807, 2.05) is 24.3 Å². The summed E-state index contributed by atoms with van der Waals surface area (Å²) in [7, 11) is 0. The predicted octanol–water partition coefficient (Wildman–Crippen LogP) is 3.55. The number of nitrogens with zero attached hydrogens (tertiary/aromatic N) is 2. The number of rotatable bonds is 7. The third-order valence-electron chi connectivity index (χ3n) is 4.24. The van der Waals surface area contributed by atoms with Gasteiger partial charge in [0.05, 0.1) is 11.3 Å². The zero-order chi connectivity index (χ0) is 16.8. The van der Waals surface area contributed by atoms with E-state index in [9.17, 15) is 4.79 Å². The van der Waals surface area contributed by atoms with E-state index < -0.39 is 0 Å². The lowest BCUT2D eigenvalue weighted by Crippen LogP contribution is -2.29. The van der Waals surface area contributed by atoms with Crippen LogP contribution in [0.1, 0.15) is 30.4 Å². The van der Waals surface area contributed by atoms with Crippen molar-refractivity contribution in [2.45, 2.75) is 31.8 Å². The molecule has 0 aromatic heterocycles. The van der Waals surface area contributed by atoms with Gasteiger partial charge in [-0.05, 0) is 30.5 Å². The summed E-state index contributed by atoms with van der Waals surface area (Å²) in [5.74, 6) is -0.0450. The van der Waals surface area contributed by atoms with Gasteiger partial charge in [-0.1, -0.05) is 42.5 Å². The molecule has 2 aromatic carbocycles. The minimum atomic E-state index is -0.0450. The van der Waals surface area contributed by atoms with Gasteiger partial charge in [-0.15, -0.1) is 0 Å². The molecule has 4 heteroatoms. The molecule has 24 heavy (non-hydrogen) atoms. The van der Waals surface area contributed by atoms with Crippen molar-refractivity contribution in [2.24, 2.45) is 0 Å². The molecule has 0 atom stereocenters. The van der Waals surface area contributed by atoms with E-state index in [1.54, 1.807) is 18.2 Å². The molecule has 1 saturated carbocycles. The van der Waals surface area contributed by atoms with Gasteiger partial charge < -0.3 is 5.32 Å². The maximum atomic E-state index is 12.2. The lowest BCUT2D eigenvalue weighted by Gasteiger charge is -2.21. The molecule has 0 radical (unpaired) electrons. The quantitative estimate of drug-likeness (QED) is 0.849. The SMILES string of the molecule is N#Cc1ccccc1NC(=O)CCN(Cc1ccccc1)C1CC1. The fourth-order valence-electron chi connectivity index (χ4n) is 2.80. The second-order valence-corrected chi connectivity index (χ2v) is 6.14. The molecule has 4 nitrogen and oxygen atoms in total. The van der Waals surface area contributed by atoms with Crippen LogP contribution in [0.5, 0.6) is 0 Å². The van der Waals surface area contributed by atoms with Gasteiger partial charge in [0.15, 0.2) is 0 Å². The smallest absolute Gasteiger partial charge is 0.225 e. The van der Waals surface area contributed by atoms with Crippen molar-refractivity contribution in [1.29, 1.82) is 5.26 Å². The van der Waals surface area contributed by atoms with Gasteiger partial charge in [0.25, 0.3) is 0 Å². The van der Waals surface area contributed by atoms with Gasteiger partial charge in [-0.25, -0.2) is 0 Å². The van der Waals surface area contributed by atoms with Crippen molar-refractivity contribution in [1.82, 2.24) is 4.90 Å². The van der Waals surface area contributed by atoms with Crippen molar-refractivity contribution < 1.29 is 4.79 Å². The Hall–Kier alpha value is -2.64. The summed E-state index contributed by atoms with van der Waals surface area (Å²) >= 11 is 0. The Bertz CT molecular complexity index is 732. The van der Waals surface area contributed by atoms with E-state index in [4.69, 9.17) is 5.26 Å². The minimum absolute atomic E-state index is 0.0450. The highest BCUT2D eigenvalue weighted by atomic mass is 16.1. The Morgan fingerprint density at radius 2 is 1.83 bits per heavy atom. The largest absolute Gasteiger partial charge is 0.325 e. The number of carbonyl (C=O) groups is 1. The zero-order valence-electron chi connectivity index (χ0n) is 13.6. The number of amides is 1. The first-order valence-corrected chi connectivity index (χ1v) is 8.33. The molecule has 1 N–H and O–H groups in total. The first-order valence-electron chi connectivity index (χ1n) is 8.33. The van der Waals surface area contributed by atoms with Gasteiger partial charge in [0, 0.05) is 25.6 Å². The number of benzene rings is 2. The Labute approximate surface area is 142 Å². The summed E-state index contributed by atoms with van der Waals surface area (Å²) < 4.78 is 0. The van der Waals surface area contributed by atoms with Crippen LogP contribution in [-0.2, 0) is 11.3 Å². The zero-order valence-corrected chi connectivity index (χ0v) is 13.6. The first kappa shape index (κ1) is 16.2. The van der Waals surface area contributed by atoms with E-state index in [-0.39, 0.29) is 5.91 Å². The van der Waals surface area contributed by atoms with Crippen LogP contribution in [0.15, 0.2) is 54.6 Å². The highest BCUT2D eigenvalue weighted by Gasteiger charge is 2.29. The van der Waals surface area contributed by atoms with Crippen LogP contribution in [0, 0.1) is 11.3 Å². The number of nitriles is 1. The fraction of sp³-hybridized carbons (Fsp3) is 0.300. The van der Waals surface area contributed by atoms with Crippen LogP contribution in [-0.4, -0.2) is 23.4 Å². The normalized spacial score (nSPS) is 13.5. The highest BCUT2D eigenvalue weighted by molar-refractivity contribution is 5.92. The summed E-state index contributed by atoms with van der Waals surface area (Å²) in [6.07, 6.45) is 2.86. The third-order valence-corrected chi connectivity index (χ3v) is 4.24. The molecule has 1 fully saturated rings. The second-order valence-electron chi connectivity index (χ2n) is 6.14. The number of carbonyl (C=O) groups excluding carboxylic acids is 1. The molecule has 1 amide bonds. The van der Waals surface area contributed by atoms with Crippen LogP contribution >= 0.6 is 0 Å².